The number of para-hydroxylation sites is 2. The van der Waals surface area contributed by atoms with Gasteiger partial charge in [0.15, 0.2) is 0 Å². The number of aryl methyl sites for hydroxylation is 1. The number of nitrogens with one attached hydrogen (secondary N) is 1. The number of hydrogen-bond donors (Lipinski definition) is 1. The highest BCUT2D eigenvalue weighted by molar-refractivity contribution is 5.78. The number of aromatic nitrogens is 2. The molecule has 1 aliphatic carbocycles. The predicted octanol–water partition coefficient (Wildman–Crippen LogP) is 6.42. The molecule has 1 aromatic carbocycles. The Morgan fingerprint density at radius 3 is 2.47 bits per heavy atom. The molecular weight excluding hydrogens is 370 g/mol. The quantitative estimate of drug-likeness (QED) is 0.387. The highest BCUT2D eigenvalue weighted by Crippen LogP contribution is 2.23. The zero-order chi connectivity index (χ0) is 21.0. The maximum atomic E-state index is 12.4. The molecular formula is C26H41N3O. The zero-order valence-corrected chi connectivity index (χ0v) is 19.0. The molecule has 1 aromatic heterocycles. The number of unbranched alkanes of at least 4 members (excludes halogenated alkanes) is 7. The minimum Gasteiger partial charge on any atom is -0.355 e. The Morgan fingerprint density at radius 2 is 1.70 bits per heavy atom. The standard InChI is InChI=1S/C26H41N3O/c1-2-3-4-5-6-7-8-14-21-29-24-18-13-12-17-23(24)28-25(29)19-20-27-26(30)22-15-10-9-11-16-22/h12-13,17-18,22H,2-11,14-16,19-21H2,1H3,(H,27,30). The maximum Gasteiger partial charge on any atom is 0.223 e. The lowest BCUT2D eigenvalue weighted by Gasteiger charge is -2.20. The number of hydrogen-bond acceptors (Lipinski definition) is 2. The number of amides is 1. The van der Waals surface area contributed by atoms with Crippen LogP contribution in [0.3, 0.4) is 0 Å². The van der Waals surface area contributed by atoms with Crippen molar-refractivity contribution < 1.29 is 4.79 Å². The van der Waals surface area contributed by atoms with Gasteiger partial charge in [0.1, 0.15) is 5.82 Å². The number of imidazole rings is 1. The van der Waals surface area contributed by atoms with Gasteiger partial charge in [-0.05, 0) is 31.4 Å². The van der Waals surface area contributed by atoms with E-state index >= 15 is 0 Å². The van der Waals surface area contributed by atoms with Gasteiger partial charge in [0, 0.05) is 25.4 Å². The lowest BCUT2D eigenvalue weighted by molar-refractivity contribution is -0.125. The summed E-state index contributed by atoms with van der Waals surface area (Å²) in [6.07, 6.45) is 17.3. The Kier molecular flexibility index (Phi) is 9.72. The lowest BCUT2D eigenvalue weighted by Crippen LogP contribution is -2.33. The second-order valence-electron chi connectivity index (χ2n) is 9.02. The summed E-state index contributed by atoms with van der Waals surface area (Å²) >= 11 is 0. The summed E-state index contributed by atoms with van der Waals surface area (Å²) < 4.78 is 2.39. The van der Waals surface area contributed by atoms with Crippen molar-refractivity contribution in [1.82, 2.24) is 14.9 Å². The third-order valence-electron chi connectivity index (χ3n) is 6.59. The van der Waals surface area contributed by atoms with Crippen LogP contribution in [-0.4, -0.2) is 22.0 Å². The molecule has 0 atom stereocenters. The van der Waals surface area contributed by atoms with E-state index in [0.29, 0.717) is 6.54 Å². The Labute approximate surface area is 182 Å². The van der Waals surface area contributed by atoms with Crippen LogP contribution < -0.4 is 5.32 Å². The van der Waals surface area contributed by atoms with Gasteiger partial charge >= 0.3 is 0 Å². The summed E-state index contributed by atoms with van der Waals surface area (Å²) in [5, 5.41) is 3.18. The summed E-state index contributed by atoms with van der Waals surface area (Å²) in [5.41, 5.74) is 2.31. The SMILES string of the molecule is CCCCCCCCCCn1c(CCNC(=O)C2CCCCC2)nc2ccccc21. The Bertz CT molecular complexity index is 761. The first kappa shape index (κ1) is 22.8. The van der Waals surface area contributed by atoms with E-state index in [9.17, 15) is 4.79 Å². The fraction of sp³-hybridized carbons (Fsp3) is 0.692. The van der Waals surface area contributed by atoms with Gasteiger partial charge in [0.05, 0.1) is 11.0 Å². The van der Waals surface area contributed by atoms with Crippen LogP contribution in [0.5, 0.6) is 0 Å². The fourth-order valence-corrected chi connectivity index (χ4v) is 4.78. The van der Waals surface area contributed by atoms with Crippen molar-refractivity contribution in [2.75, 3.05) is 6.54 Å². The summed E-state index contributed by atoms with van der Waals surface area (Å²) in [7, 11) is 0. The van der Waals surface area contributed by atoms with Crippen LogP contribution in [0.1, 0.15) is 96.2 Å². The molecule has 0 spiro atoms. The fourth-order valence-electron chi connectivity index (χ4n) is 4.78. The van der Waals surface area contributed by atoms with E-state index in [-0.39, 0.29) is 11.8 Å². The maximum absolute atomic E-state index is 12.4. The van der Waals surface area contributed by atoms with Gasteiger partial charge in [-0.1, -0.05) is 83.3 Å². The molecule has 3 rings (SSSR count). The molecule has 1 fully saturated rings. The second kappa shape index (κ2) is 12.8. The second-order valence-corrected chi connectivity index (χ2v) is 9.02. The van der Waals surface area contributed by atoms with E-state index < -0.39 is 0 Å². The summed E-state index contributed by atoms with van der Waals surface area (Å²) in [6, 6.07) is 8.44. The molecule has 1 heterocycles. The predicted molar refractivity (Wildman–Crippen MR) is 126 cm³/mol. The first-order valence-corrected chi connectivity index (χ1v) is 12.5. The minimum atomic E-state index is 0.231. The first-order chi connectivity index (χ1) is 14.8. The van der Waals surface area contributed by atoms with Gasteiger partial charge in [-0.15, -0.1) is 0 Å². The molecule has 166 valence electrons. The van der Waals surface area contributed by atoms with Gasteiger partial charge < -0.3 is 9.88 Å². The lowest BCUT2D eigenvalue weighted by atomic mass is 9.89. The van der Waals surface area contributed by atoms with Crippen molar-refractivity contribution in [3.8, 4) is 0 Å². The number of carbonyl (C=O) groups is 1. The van der Waals surface area contributed by atoms with Gasteiger partial charge in [0.25, 0.3) is 0 Å². The van der Waals surface area contributed by atoms with E-state index in [0.717, 1.165) is 37.1 Å². The average molecular weight is 412 g/mol. The van der Waals surface area contributed by atoms with Crippen molar-refractivity contribution >= 4 is 16.9 Å². The molecule has 2 aromatic rings. The smallest absolute Gasteiger partial charge is 0.223 e. The highest BCUT2D eigenvalue weighted by atomic mass is 16.1. The van der Waals surface area contributed by atoms with Crippen molar-refractivity contribution in [3.63, 3.8) is 0 Å². The van der Waals surface area contributed by atoms with Gasteiger partial charge in [-0.2, -0.15) is 0 Å². The van der Waals surface area contributed by atoms with Gasteiger partial charge in [0.2, 0.25) is 5.91 Å². The zero-order valence-electron chi connectivity index (χ0n) is 19.0. The molecule has 0 unspecified atom stereocenters. The van der Waals surface area contributed by atoms with E-state index in [1.54, 1.807) is 0 Å². The molecule has 1 N–H and O–H groups in total. The number of rotatable bonds is 13. The topological polar surface area (TPSA) is 46.9 Å². The number of fused-ring (bicyclic) bond motifs is 1. The van der Waals surface area contributed by atoms with Crippen molar-refractivity contribution in [3.05, 3.63) is 30.1 Å². The minimum absolute atomic E-state index is 0.231. The molecule has 4 nitrogen and oxygen atoms in total. The van der Waals surface area contributed by atoms with Crippen LogP contribution in [-0.2, 0) is 17.8 Å². The molecule has 0 saturated heterocycles. The van der Waals surface area contributed by atoms with Gasteiger partial charge in [-0.25, -0.2) is 4.98 Å². The van der Waals surface area contributed by atoms with E-state index in [4.69, 9.17) is 4.98 Å². The van der Waals surface area contributed by atoms with Crippen LogP contribution >= 0.6 is 0 Å². The number of carbonyl (C=O) groups excluding carboxylic acids is 1. The van der Waals surface area contributed by atoms with Crippen molar-refractivity contribution in [2.24, 2.45) is 5.92 Å². The van der Waals surface area contributed by atoms with Crippen LogP contribution in [0.25, 0.3) is 11.0 Å². The van der Waals surface area contributed by atoms with Crippen molar-refractivity contribution in [2.45, 2.75) is 103 Å². The van der Waals surface area contributed by atoms with E-state index in [1.807, 2.05) is 0 Å². The molecule has 0 aliphatic heterocycles. The molecule has 0 radical (unpaired) electrons. The Morgan fingerprint density at radius 1 is 1.00 bits per heavy atom. The van der Waals surface area contributed by atoms with Gasteiger partial charge in [-0.3, -0.25) is 4.79 Å². The van der Waals surface area contributed by atoms with Crippen molar-refractivity contribution in [1.29, 1.82) is 0 Å². The van der Waals surface area contributed by atoms with Crippen LogP contribution in [0.2, 0.25) is 0 Å². The summed E-state index contributed by atoms with van der Waals surface area (Å²) in [4.78, 5) is 17.3. The molecule has 0 bridgehead atoms. The average Bonchev–Trinajstić information content (AvgIpc) is 3.13. The summed E-state index contributed by atoms with van der Waals surface area (Å²) in [5.74, 6) is 1.60. The highest BCUT2D eigenvalue weighted by Gasteiger charge is 2.20. The first-order valence-electron chi connectivity index (χ1n) is 12.5. The Hall–Kier alpha value is -1.84. The van der Waals surface area contributed by atoms with E-state index in [2.05, 4.69) is 41.1 Å². The van der Waals surface area contributed by atoms with E-state index in [1.165, 1.54) is 76.1 Å². The molecule has 30 heavy (non-hydrogen) atoms. The normalized spacial score (nSPS) is 15.0. The number of nitrogens with zero attached hydrogens (tertiary/aromatic N) is 2. The third-order valence-corrected chi connectivity index (χ3v) is 6.59. The summed E-state index contributed by atoms with van der Waals surface area (Å²) in [6.45, 7) is 3.99. The Balaban J connectivity index is 1.48. The molecule has 1 amide bonds. The number of benzene rings is 1. The molecule has 1 aliphatic rings. The van der Waals surface area contributed by atoms with Crippen LogP contribution in [0, 0.1) is 5.92 Å². The third kappa shape index (κ3) is 6.85. The molecule has 4 heteroatoms. The monoisotopic (exact) mass is 411 g/mol. The largest absolute Gasteiger partial charge is 0.355 e. The molecule has 1 saturated carbocycles. The van der Waals surface area contributed by atoms with Crippen LogP contribution in [0.4, 0.5) is 0 Å². The van der Waals surface area contributed by atoms with Crippen LogP contribution in [0.15, 0.2) is 24.3 Å².